The van der Waals surface area contributed by atoms with Gasteiger partial charge in [-0.05, 0) is 43.4 Å². The van der Waals surface area contributed by atoms with E-state index in [0.717, 1.165) is 24.5 Å². The molecule has 1 saturated heterocycles. The number of allylic oxidation sites excluding steroid dienone is 1. The molecule has 1 aromatic carbocycles. The molecule has 0 aromatic heterocycles. The van der Waals surface area contributed by atoms with E-state index in [1.54, 1.807) is 7.11 Å². The first-order chi connectivity index (χ1) is 10.3. The Morgan fingerprint density at radius 2 is 1.91 bits per heavy atom. The Kier molecular flexibility index (Phi) is 5.70. The van der Waals surface area contributed by atoms with Crippen LogP contribution in [-0.4, -0.2) is 37.2 Å². The summed E-state index contributed by atoms with van der Waals surface area (Å²) in [4.78, 5) is 2.51. The van der Waals surface area contributed by atoms with Gasteiger partial charge in [-0.2, -0.15) is 0 Å². The third-order valence-electron chi connectivity index (χ3n) is 4.55. The lowest BCUT2D eigenvalue weighted by Crippen LogP contribution is -2.56. The number of hydrogen-bond donors (Lipinski definition) is 0. The zero-order chi connectivity index (χ0) is 16.3. The Bertz CT molecular complexity index is 511. The maximum Gasteiger partial charge on any atom is 0.0825 e. The molecule has 0 amide bonds. The van der Waals surface area contributed by atoms with Gasteiger partial charge in [-0.25, -0.2) is 0 Å². The summed E-state index contributed by atoms with van der Waals surface area (Å²) < 4.78 is 5.42. The molecular formula is C19H28ClNO. The average molecular weight is 322 g/mol. The number of halogens is 1. The fraction of sp³-hybridized carbons (Fsp3) is 0.579. The van der Waals surface area contributed by atoms with E-state index in [4.69, 9.17) is 16.3 Å². The molecule has 122 valence electrons. The monoisotopic (exact) mass is 321 g/mol. The van der Waals surface area contributed by atoms with Gasteiger partial charge in [0, 0.05) is 31.3 Å². The van der Waals surface area contributed by atoms with Crippen molar-refractivity contribution in [3.63, 3.8) is 0 Å². The lowest BCUT2D eigenvalue weighted by Gasteiger charge is -2.45. The van der Waals surface area contributed by atoms with Gasteiger partial charge in [0.1, 0.15) is 0 Å². The first kappa shape index (κ1) is 17.5. The van der Waals surface area contributed by atoms with Crippen LogP contribution in [0.2, 0.25) is 5.02 Å². The minimum Gasteiger partial charge on any atom is -0.379 e. The quantitative estimate of drug-likeness (QED) is 0.706. The molecule has 0 saturated carbocycles. The first-order valence-electron chi connectivity index (χ1n) is 8.00. The summed E-state index contributed by atoms with van der Waals surface area (Å²) in [7, 11) is 1.80. The molecule has 1 unspecified atom stereocenters. The van der Waals surface area contributed by atoms with Crippen molar-refractivity contribution in [2.75, 3.05) is 20.2 Å². The Morgan fingerprint density at radius 1 is 1.32 bits per heavy atom. The molecule has 22 heavy (non-hydrogen) atoms. The predicted octanol–water partition coefficient (Wildman–Crippen LogP) is 4.67. The molecule has 1 aliphatic rings. The summed E-state index contributed by atoms with van der Waals surface area (Å²) >= 11 is 6.02. The van der Waals surface area contributed by atoms with Gasteiger partial charge in [-0.3, -0.25) is 4.90 Å². The molecule has 2 nitrogen and oxygen atoms in total. The molecule has 0 bridgehead atoms. The van der Waals surface area contributed by atoms with Crippen molar-refractivity contribution in [2.24, 2.45) is 0 Å². The van der Waals surface area contributed by atoms with E-state index < -0.39 is 0 Å². The van der Waals surface area contributed by atoms with Gasteiger partial charge >= 0.3 is 0 Å². The second kappa shape index (κ2) is 7.16. The highest BCUT2D eigenvalue weighted by atomic mass is 35.5. The van der Waals surface area contributed by atoms with Gasteiger partial charge in [0.25, 0.3) is 0 Å². The molecule has 1 aromatic rings. The summed E-state index contributed by atoms with van der Waals surface area (Å²) in [5, 5.41) is 0.797. The number of likely N-dealkylation sites (tertiary alicyclic amines) is 1. The molecule has 0 radical (unpaired) electrons. The van der Waals surface area contributed by atoms with Crippen LogP contribution in [0.3, 0.4) is 0 Å². The molecule has 3 heteroatoms. The first-order valence-corrected chi connectivity index (χ1v) is 8.37. The largest absolute Gasteiger partial charge is 0.379 e. The normalized spacial score (nSPS) is 17.9. The van der Waals surface area contributed by atoms with Gasteiger partial charge in [0.15, 0.2) is 0 Å². The summed E-state index contributed by atoms with van der Waals surface area (Å²) in [5.41, 5.74) is 2.82. The third kappa shape index (κ3) is 4.34. The van der Waals surface area contributed by atoms with Crippen LogP contribution in [0.15, 0.2) is 35.9 Å². The minimum atomic E-state index is 0.110. The summed E-state index contributed by atoms with van der Waals surface area (Å²) in [6.45, 7) is 11.0. The zero-order valence-electron chi connectivity index (χ0n) is 14.4. The molecular weight excluding hydrogens is 294 g/mol. The SMILES string of the molecule is COC1CN(C(C=C(C)C)CC(C)(C)c2ccc(Cl)cc2)C1. The molecule has 1 atom stereocenters. The van der Waals surface area contributed by atoms with Crippen LogP contribution in [-0.2, 0) is 10.2 Å². The van der Waals surface area contributed by atoms with Crippen LogP contribution in [0.1, 0.15) is 39.7 Å². The minimum absolute atomic E-state index is 0.110. The van der Waals surface area contributed by atoms with E-state index >= 15 is 0 Å². The lowest BCUT2D eigenvalue weighted by atomic mass is 9.78. The van der Waals surface area contributed by atoms with E-state index in [-0.39, 0.29) is 5.41 Å². The third-order valence-corrected chi connectivity index (χ3v) is 4.80. The van der Waals surface area contributed by atoms with E-state index in [2.05, 4.69) is 50.8 Å². The molecule has 1 aliphatic heterocycles. The standard InChI is InChI=1S/C19H28ClNO/c1-14(2)10-17(21-12-18(13-21)22-5)11-19(3,4)15-6-8-16(20)9-7-15/h6-10,17-18H,11-13H2,1-5H3. The Morgan fingerprint density at radius 3 is 2.41 bits per heavy atom. The molecule has 0 spiro atoms. The number of methoxy groups -OCH3 is 1. The topological polar surface area (TPSA) is 12.5 Å². The number of rotatable bonds is 6. The highest BCUT2D eigenvalue weighted by Gasteiger charge is 2.34. The number of ether oxygens (including phenoxy) is 1. The van der Waals surface area contributed by atoms with Crippen molar-refractivity contribution in [3.8, 4) is 0 Å². The Hall–Kier alpha value is -0.830. The van der Waals surface area contributed by atoms with Crippen LogP contribution in [0, 0.1) is 0 Å². The maximum atomic E-state index is 6.02. The fourth-order valence-electron chi connectivity index (χ4n) is 3.11. The van der Waals surface area contributed by atoms with Gasteiger partial charge in [0.2, 0.25) is 0 Å². The van der Waals surface area contributed by atoms with Crippen molar-refractivity contribution in [1.29, 1.82) is 0 Å². The summed E-state index contributed by atoms with van der Waals surface area (Å²) in [6, 6.07) is 8.73. The van der Waals surface area contributed by atoms with E-state index in [9.17, 15) is 0 Å². The van der Waals surface area contributed by atoms with Crippen molar-refractivity contribution in [3.05, 3.63) is 46.5 Å². The van der Waals surface area contributed by atoms with E-state index in [0.29, 0.717) is 12.1 Å². The van der Waals surface area contributed by atoms with Crippen molar-refractivity contribution in [1.82, 2.24) is 4.90 Å². The van der Waals surface area contributed by atoms with Crippen LogP contribution in [0.4, 0.5) is 0 Å². The average Bonchev–Trinajstić information content (AvgIpc) is 2.36. The maximum absolute atomic E-state index is 6.02. The van der Waals surface area contributed by atoms with Crippen LogP contribution >= 0.6 is 11.6 Å². The van der Waals surface area contributed by atoms with Gasteiger partial charge in [-0.1, -0.05) is 49.2 Å². The lowest BCUT2D eigenvalue weighted by molar-refractivity contribution is -0.0459. The van der Waals surface area contributed by atoms with Crippen molar-refractivity contribution < 1.29 is 4.74 Å². The Labute approximate surface area is 140 Å². The highest BCUT2D eigenvalue weighted by Crippen LogP contribution is 2.33. The fourth-order valence-corrected chi connectivity index (χ4v) is 3.24. The van der Waals surface area contributed by atoms with Gasteiger partial charge < -0.3 is 4.74 Å². The number of benzene rings is 1. The molecule has 1 heterocycles. The van der Waals surface area contributed by atoms with Crippen molar-refractivity contribution >= 4 is 11.6 Å². The van der Waals surface area contributed by atoms with E-state index in [1.807, 2.05) is 12.1 Å². The molecule has 2 rings (SSSR count). The van der Waals surface area contributed by atoms with Crippen molar-refractivity contribution in [2.45, 2.75) is 51.7 Å². The number of hydrogen-bond acceptors (Lipinski definition) is 2. The molecule has 1 fully saturated rings. The van der Waals surface area contributed by atoms with Crippen LogP contribution in [0.25, 0.3) is 0 Å². The number of nitrogens with zero attached hydrogens (tertiary/aromatic N) is 1. The van der Waals surface area contributed by atoms with Gasteiger partial charge in [-0.15, -0.1) is 0 Å². The smallest absolute Gasteiger partial charge is 0.0825 e. The zero-order valence-corrected chi connectivity index (χ0v) is 15.2. The second-order valence-electron chi connectivity index (χ2n) is 7.22. The van der Waals surface area contributed by atoms with Crippen LogP contribution in [0.5, 0.6) is 0 Å². The van der Waals surface area contributed by atoms with Crippen LogP contribution < -0.4 is 0 Å². The second-order valence-corrected chi connectivity index (χ2v) is 7.65. The summed E-state index contributed by atoms with van der Waals surface area (Å²) in [6.07, 6.45) is 3.88. The van der Waals surface area contributed by atoms with Gasteiger partial charge in [0.05, 0.1) is 6.10 Å². The highest BCUT2D eigenvalue weighted by molar-refractivity contribution is 6.30. The molecule has 0 aliphatic carbocycles. The Balaban J connectivity index is 2.11. The predicted molar refractivity (Wildman–Crippen MR) is 94.7 cm³/mol. The molecule has 0 N–H and O–H groups in total. The summed E-state index contributed by atoms with van der Waals surface area (Å²) in [5.74, 6) is 0. The van der Waals surface area contributed by atoms with E-state index in [1.165, 1.54) is 11.1 Å².